The predicted octanol–water partition coefficient (Wildman–Crippen LogP) is 3.52. The first-order valence-corrected chi connectivity index (χ1v) is 8.71. The van der Waals surface area contributed by atoms with Crippen LogP contribution in [0.25, 0.3) is 0 Å². The Bertz CT molecular complexity index is 711. The summed E-state index contributed by atoms with van der Waals surface area (Å²) in [5.41, 5.74) is 1.64. The third-order valence-electron chi connectivity index (χ3n) is 3.71. The molecule has 1 unspecified atom stereocenters. The van der Waals surface area contributed by atoms with Gasteiger partial charge in [-0.2, -0.15) is 5.10 Å². The molecule has 25 heavy (non-hydrogen) atoms. The van der Waals surface area contributed by atoms with E-state index >= 15 is 0 Å². The number of hydrogen-bond acceptors (Lipinski definition) is 4. The van der Waals surface area contributed by atoms with Crippen molar-refractivity contribution in [2.45, 2.75) is 40.3 Å². The van der Waals surface area contributed by atoms with Gasteiger partial charge in [-0.25, -0.2) is 0 Å². The second kappa shape index (κ2) is 8.76. The Kier molecular flexibility index (Phi) is 6.70. The van der Waals surface area contributed by atoms with Gasteiger partial charge in [-0.15, -0.1) is 0 Å². The van der Waals surface area contributed by atoms with Crippen molar-refractivity contribution < 1.29 is 14.3 Å². The van der Waals surface area contributed by atoms with Gasteiger partial charge >= 0.3 is 0 Å². The van der Waals surface area contributed by atoms with E-state index in [0.717, 1.165) is 5.56 Å². The number of aryl methyl sites for hydroxylation is 1. The number of hydrogen-bond donors (Lipinski definition) is 1. The largest absolute Gasteiger partial charge is 0.490 e. The normalized spacial score (nSPS) is 11.9. The summed E-state index contributed by atoms with van der Waals surface area (Å²) in [6, 6.07) is 5.21. The van der Waals surface area contributed by atoms with Crippen LogP contribution in [-0.4, -0.2) is 28.9 Å². The van der Waals surface area contributed by atoms with E-state index < -0.39 is 6.04 Å². The number of nitrogens with one attached hydrogen (secondary N) is 1. The Morgan fingerprint density at radius 2 is 1.96 bits per heavy atom. The summed E-state index contributed by atoms with van der Waals surface area (Å²) in [7, 11) is 0. The van der Waals surface area contributed by atoms with Gasteiger partial charge in [-0.3, -0.25) is 9.48 Å². The van der Waals surface area contributed by atoms with E-state index in [1.807, 2.05) is 32.0 Å². The van der Waals surface area contributed by atoms with Crippen molar-refractivity contribution in [2.24, 2.45) is 0 Å². The lowest BCUT2D eigenvalue weighted by Gasteiger charge is -2.15. The fourth-order valence-corrected chi connectivity index (χ4v) is 2.46. The number of ether oxygens (including phenoxy) is 2. The molecule has 0 aliphatic heterocycles. The number of aromatic nitrogens is 2. The summed E-state index contributed by atoms with van der Waals surface area (Å²) in [5.74, 6) is 1.25. The van der Waals surface area contributed by atoms with Crippen molar-refractivity contribution in [1.82, 2.24) is 15.1 Å². The molecular weight excluding hydrogens is 342 g/mol. The lowest BCUT2D eigenvalue weighted by atomic mass is 10.2. The first-order valence-electron chi connectivity index (χ1n) is 8.33. The molecule has 1 N–H and O–H groups in total. The highest BCUT2D eigenvalue weighted by Gasteiger charge is 2.17. The minimum absolute atomic E-state index is 0.133. The monoisotopic (exact) mass is 365 g/mol. The van der Waals surface area contributed by atoms with Crippen molar-refractivity contribution in [3.05, 3.63) is 40.7 Å². The SMILES string of the molecule is CCOc1ccc(CNC(=O)C(C)n2cc(Cl)c(C)n2)cc1OCC. The molecule has 2 rings (SSSR count). The summed E-state index contributed by atoms with van der Waals surface area (Å²) >= 11 is 6.00. The second-order valence-corrected chi connectivity index (χ2v) is 5.99. The molecule has 136 valence electrons. The molecule has 0 spiro atoms. The van der Waals surface area contributed by atoms with Gasteiger partial charge in [-0.1, -0.05) is 17.7 Å². The lowest BCUT2D eigenvalue weighted by Crippen LogP contribution is -2.30. The predicted molar refractivity (Wildman–Crippen MR) is 97.3 cm³/mol. The number of halogens is 1. The molecular formula is C18H24ClN3O3. The van der Waals surface area contributed by atoms with Crippen LogP contribution in [0, 0.1) is 6.92 Å². The third-order valence-corrected chi connectivity index (χ3v) is 4.08. The van der Waals surface area contributed by atoms with Gasteiger partial charge in [-0.05, 0) is 45.4 Å². The highest BCUT2D eigenvalue weighted by Crippen LogP contribution is 2.28. The Balaban J connectivity index is 2.02. The first kappa shape index (κ1) is 19.1. The summed E-state index contributed by atoms with van der Waals surface area (Å²) in [6.45, 7) is 8.94. The average Bonchev–Trinajstić information content (AvgIpc) is 2.93. The van der Waals surface area contributed by atoms with Crippen LogP contribution in [0.1, 0.15) is 38.1 Å². The standard InChI is InChI=1S/C18H24ClN3O3/c1-5-24-16-8-7-14(9-17(16)25-6-2)10-20-18(23)13(4)22-11-15(19)12(3)21-22/h7-9,11,13H,5-6,10H2,1-4H3,(H,20,23). The van der Waals surface area contributed by atoms with E-state index in [2.05, 4.69) is 10.4 Å². The molecule has 0 fully saturated rings. The van der Waals surface area contributed by atoms with E-state index in [1.165, 1.54) is 0 Å². The zero-order valence-electron chi connectivity index (χ0n) is 15.0. The molecule has 1 atom stereocenters. The summed E-state index contributed by atoms with van der Waals surface area (Å²) in [5, 5.41) is 7.70. The maximum absolute atomic E-state index is 12.3. The van der Waals surface area contributed by atoms with Crippen molar-refractivity contribution >= 4 is 17.5 Å². The first-order chi connectivity index (χ1) is 12.0. The van der Waals surface area contributed by atoms with Crippen LogP contribution < -0.4 is 14.8 Å². The molecule has 0 saturated carbocycles. The molecule has 0 bridgehead atoms. The number of rotatable bonds is 8. The van der Waals surface area contributed by atoms with Gasteiger partial charge < -0.3 is 14.8 Å². The van der Waals surface area contributed by atoms with E-state index in [0.29, 0.717) is 42.0 Å². The van der Waals surface area contributed by atoms with E-state index in [9.17, 15) is 4.79 Å². The van der Waals surface area contributed by atoms with E-state index in [4.69, 9.17) is 21.1 Å². The van der Waals surface area contributed by atoms with Crippen molar-refractivity contribution in [1.29, 1.82) is 0 Å². The molecule has 2 aromatic rings. The minimum atomic E-state index is -0.444. The number of amides is 1. The zero-order chi connectivity index (χ0) is 18.4. The molecule has 6 nitrogen and oxygen atoms in total. The Hall–Kier alpha value is -2.21. The van der Waals surface area contributed by atoms with Crippen LogP contribution >= 0.6 is 11.6 Å². The smallest absolute Gasteiger partial charge is 0.244 e. The lowest BCUT2D eigenvalue weighted by molar-refractivity contribution is -0.124. The average molecular weight is 366 g/mol. The van der Waals surface area contributed by atoms with Crippen LogP contribution in [0.4, 0.5) is 0 Å². The highest BCUT2D eigenvalue weighted by molar-refractivity contribution is 6.31. The van der Waals surface area contributed by atoms with Crippen LogP contribution in [0.2, 0.25) is 5.02 Å². The molecule has 0 aliphatic carbocycles. The maximum atomic E-state index is 12.3. The zero-order valence-corrected chi connectivity index (χ0v) is 15.8. The van der Waals surface area contributed by atoms with Crippen LogP contribution in [0.15, 0.2) is 24.4 Å². The fraction of sp³-hybridized carbons (Fsp3) is 0.444. The molecule has 1 aromatic carbocycles. The molecule has 0 radical (unpaired) electrons. The molecule has 1 heterocycles. The number of carbonyl (C=O) groups is 1. The van der Waals surface area contributed by atoms with Crippen LogP contribution in [-0.2, 0) is 11.3 Å². The number of benzene rings is 1. The Morgan fingerprint density at radius 1 is 1.28 bits per heavy atom. The second-order valence-electron chi connectivity index (χ2n) is 5.58. The van der Waals surface area contributed by atoms with Crippen molar-refractivity contribution in [3.63, 3.8) is 0 Å². The molecule has 0 saturated heterocycles. The van der Waals surface area contributed by atoms with Gasteiger partial charge in [0.2, 0.25) is 5.91 Å². The number of carbonyl (C=O) groups excluding carboxylic acids is 1. The quantitative estimate of drug-likeness (QED) is 0.777. The number of nitrogens with zero attached hydrogens (tertiary/aromatic N) is 2. The molecule has 1 aromatic heterocycles. The fourth-order valence-electron chi connectivity index (χ4n) is 2.32. The van der Waals surface area contributed by atoms with Crippen molar-refractivity contribution in [3.8, 4) is 11.5 Å². The van der Waals surface area contributed by atoms with Gasteiger partial charge in [0.05, 0.1) is 23.9 Å². The summed E-state index contributed by atoms with van der Waals surface area (Å²) in [6.07, 6.45) is 1.66. The molecule has 7 heteroatoms. The van der Waals surface area contributed by atoms with Crippen LogP contribution in [0.5, 0.6) is 11.5 Å². The van der Waals surface area contributed by atoms with Crippen LogP contribution in [0.3, 0.4) is 0 Å². The maximum Gasteiger partial charge on any atom is 0.244 e. The third kappa shape index (κ3) is 4.89. The van der Waals surface area contributed by atoms with E-state index in [-0.39, 0.29) is 5.91 Å². The van der Waals surface area contributed by atoms with Gasteiger partial charge in [0.15, 0.2) is 11.5 Å². The van der Waals surface area contributed by atoms with Crippen molar-refractivity contribution in [2.75, 3.05) is 13.2 Å². The van der Waals surface area contributed by atoms with E-state index in [1.54, 1.807) is 24.7 Å². The Labute approximate surface area is 153 Å². The highest BCUT2D eigenvalue weighted by atomic mass is 35.5. The van der Waals surface area contributed by atoms with Gasteiger partial charge in [0.25, 0.3) is 0 Å². The van der Waals surface area contributed by atoms with Gasteiger partial charge in [0, 0.05) is 12.7 Å². The molecule has 1 amide bonds. The van der Waals surface area contributed by atoms with Gasteiger partial charge in [0.1, 0.15) is 6.04 Å². The minimum Gasteiger partial charge on any atom is -0.490 e. The summed E-state index contributed by atoms with van der Waals surface area (Å²) < 4.78 is 12.7. The Morgan fingerprint density at radius 3 is 2.56 bits per heavy atom. The topological polar surface area (TPSA) is 65.4 Å². The molecule has 0 aliphatic rings. The summed E-state index contributed by atoms with van der Waals surface area (Å²) in [4.78, 5) is 12.3.